The molecule has 0 spiro atoms. The lowest BCUT2D eigenvalue weighted by Gasteiger charge is -2.40. The highest BCUT2D eigenvalue weighted by molar-refractivity contribution is 7.07. The Morgan fingerprint density at radius 1 is 1.26 bits per heavy atom. The summed E-state index contributed by atoms with van der Waals surface area (Å²) >= 11 is 13.7. The molecular formula is C27H34Cl2N6O3S. The van der Waals surface area contributed by atoms with Gasteiger partial charge in [0.25, 0.3) is 5.91 Å². The molecule has 0 saturated carbocycles. The van der Waals surface area contributed by atoms with E-state index in [1.165, 1.54) is 0 Å². The number of hydrogen-bond donors (Lipinski definition) is 2. The van der Waals surface area contributed by atoms with Crippen LogP contribution in [0.15, 0.2) is 27.4 Å². The molecule has 2 N–H and O–H groups in total. The molecule has 1 atom stereocenters. The van der Waals surface area contributed by atoms with Crippen LogP contribution in [-0.4, -0.2) is 63.6 Å². The average Bonchev–Trinajstić information content (AvgIpc) is 3.52. The first kappa shape index (κ1) is 29.3. The second kappa shape index (κ2) is 13.1. The number of thiophene rings is 1. The number of carbonyl (C=O) groups is 2. The number of aromatic nitrogens is 2. The first-order chi connectivity index (χ1) is 18.6. The third-order valence-corrected chi connectivity index (χ3v) is 8.55. The van der Waals surface area contributed by atoms with Gasteiger partial charge in [-0.25, -0.2) is 9.78 Å². The summed E-state index contributed by atoms with van der Waals surface area (Å²) in [6, 6.07) is 3.87. The number of nitrogens with zero attached hydrogens (tertiary/aromatic N) is 4. The minimum atomic E-state index is -0.250. The maximum atomic E-state index is 13.4. The summed E-state index contributed by atoms with van der Waals surface area (Å²) in [6.45, 7) is 10.5. The smallest absolute Gasteiger partial charge is 0.324 e. The summed E-state index contributed by atoms with van der Waals surface area (Å²) in [5.41, 5.74) is 3.75. The molecule has 210 valence electrons. The van der Waals surface area contributed by atoms with Crippen molar-refractivity contribution < 1.29 is 14.1 Å². The van der Waals surface area contributed by atoms with Crippen molar-refractivity contribution in [1.82, 2.24) is 25.3 Å². The molecule has 0 unspecified atom stereocenters. The van der Waals surface area contributed by atoms with Crippen LogP contribution < -0.4 is 10.6 Å². The molecule has 12 heteroatoms. The third-order valence-electron chi connectivity index (χ3n) is 7.35. The van der Waals surface area contributed by atoms with Crippen molar-refractivity contribution in [3.05, 3.63) is 61.1 Å². The number of likely N-dealkylation sites (tertiary alicyclic amines) is 1. The average molecular weight is 594 g/mol. The zero-order valence-electron chi connectivity index (χ0n) is 22.6. The number of rotatable bonds is 9. The fourth-order valence-corrected chi connectivity index (χ4v) is 6.10. The van der Waals surface area contributed by atoms with E-state index in [9.17, 15) is 9.59 Å². The van der Waals surface area contributed by atoms with E-state index in [-0.39, 0.29) is 34.3 Å². The van der Waals surface area contributed by atoms with Crippen LogP contribution in [-0.2, 0) is 6.54 Å². The van der Waals surface area contributed by atoms with Gasteiger partial charge < -0.3 is 19.6 Å². The number of hydrogen-bond acceptors (Lipinski definition) is 7. The van der Waals surface area contributed by atoms with E-state index in [1.807, 2.05) is 24.1 Å². The van der Waals surface area contributed by atoms with E-state index in [0.717, 1.165) is 49.2 Å². The number of nitrogens with one attached hydrogen (secondary N) is 2. The summed E-state index contributed by atoms with van der Waals surface area (Å²) in [7, 11) is 0. The number of pyridine rings is 1. The Labute approximate surface area is 242 Å². The number of halogens is 2. The highest BCUT2D eigenvalue weighted by atomic mass is 35.5. The van der Waals surface area contributed by atoms with Crippen molar-refractivity contribution in [1.29, 1.82) is 0 Å². The Kier molecular flexibility index (Phi) is 9.87. The first-order valence-electron chi connectivity index (χ1n) is 13.0. The van der Waals surface area contributed by atoms with E-state index in [1.54, 1.807) is 24.3 Å². The third kappa shape index (κ3) is 7.30. The molecule has 3 aromatic rings. The maximum Gasteiger partial charge on any atom is 0.324 e. The van der Waals surface area contributed by atoms with Gasteiger partial charge in [0, 0.05) is 43.8 Å². The van der Waals surface area contributed by atoms with Crippen molar-refractivity contribution in [3.63, 3.8) is 0 Å². The fraction of sp³-hybridized carbons (Fsp3) is 0.481. The van der Waals surface area contributed by atoms with Gasteiger partial charge in [0.15, 0.2) is 0 Å². The molecule has 39 heavy (non-hydrogen) atoms. The molecule has 1 fully saturated rings. The predicted molar refractivity (Wildman–Crippen MR) is 155 cm³/mol. The van der Waals surface area contributed by atoms with Gasteiger partial charge in [0.2, 0.25) is 5.88 Å². The van der Waals surface area contributed by atoms with Crippen LogP contribution in [0.1, 0.15) is 58.9 Å². The number of amides is 3. The Bertz CT molecular complexity index is 1270. The molecule has 9 nitrogen and oxygen atoms in total. The molecule has 4 heterocycles. The van der Waals surface area contributed by atoms with Crippen LogP contribution in [0.5, 0.6) is 0 Å². The largest absolute Gasteiger partial charge is 0.352 e. The van der Waals surface area contributed by atoms with E-state index in [4.69, 9.17) is 27.7 Å². The van der Waals surface area contributed by atoms with Crippen LogP contribution in [0, 0.1) is 20.8 Å². The zero-order valence-corrected chi connectivity index (χ0v) is 24.9. The Balaban J connectivity index is 1.31. The predicted octanol–water partition coefficient (Wildman–Crippen LogP) is 6.07. The maximum absolute atomic E-state index is 13.4. The molecule has 1 aliphatic heterocycles. The number of anilines is 1. The SMILES string of the molecule is Cc1cc(Cl)nc(Cl)c1C(=O)NCC[C@@H](C)N1CCC(N(Cc2ccsc2)C(=O)Nc2onc(C)c2C)CC1. The molecule has 3 aromatic heterocycles. The van der Waals surface area contributed by atoms with Gasteiger partial charge in [-0.1, -0.05) is 28.4 Å². The lowest BCUT2D eigenvalue weighted by molar-refractivity contribution is 0.0919. The van der Waals surface area contributed by atoms with Crippen molar-refractivity contribution in [2.45, 2.75) is 65.6 Å². The van der Waals surface area contributed by atoms with E-state index in [2.05, 4.69) is 44.0 Å². The molecule has 0 aromatic carbocycles. The van der Waals surface area contributed by atoms with Crippen LogP contribution in [0.4, 0.5) is 10.7 Å². The fourth-order valence-electron chi connectivity index (χ4n) is 4.82. The molecular weight excluding hydrogens is 559 g/mol. The standard InChI is InChI=1S/C27H34Cl2N6O3S/c1-16-13-22(28)31-24(29)23(16)25(36)30-9-5-17(2)34-10-6-21(7-11-34)35(14-20-8-12-39-15-20)27(37)32-26-18(3)19(4)33-38-26/h8,12-13,15,17,21H,5-7,9-11,14H2,1-4H3,(H,30,36)(H,32,37)/t17-/m1/s1. The number of urea groups is 1. The van der Waals surface area contributed by atoms with E-state index >= 15 is 0 Å². The van der Waals surface area contributed by atoms with E-state index < -0.39 is 0 Å². The summed E-state index contributed by atoms with van der Waals surface area (Å²) < 4.78 is 5.33. The van der Waals surface area contributed by atoms with Crippen LogP contribution in [0.25, 0.3) is 0 Å². The second-order valence-corrected chi connectivity index (χ2v) is 11.5. The molecule has 0 radical (unpaired) electrons. The molecule has 4 rings (SSSR count). The highest BCUT2D eigenvalue weighted by Crippen LogP contribution is 2.25. The summed E-state index contributed by atoms with van der Waals surface area (Å²) in [6.07, 6.45) is 2.50. The molecule has 0 aliphatic carbocycles. The molecule has 1 saturated heterocycles. The lowest BCUT2D eigenvalue weighted by atomic mass is 10.0. The quantitative estimate of drug-likeness (QED) is 0.292. The van der Waals surface area contributed by atoms with E-state index in [0.29, 0.717) is 30.1 Å². The molecule has 3 amide bonds. The number of piperidine rings is 1. The monoisotopic (exact) mass is 592 g/mol. The van der Waals surface area contributed by atoms with Gasteiger partial charge in [0.1, 0.15) is 10.3 Å². The van der Waals surface area contributed by atoms with Crippen molar-refractivity contribution in [2.24, 2.45) is 0 Å². The zero-order chi connectivity index (χ0) is 28.1. The van der Waals surface area contributed by atoms with Crippen LogP contribution >= 0.6 is 34.5 Å². The van der Waals surface area contributed by atoms with Crippen molar-refractivity contribution >= 4 is 52.4 Å². The number of carbonyl (C=O) groups excluding carboxylic acids is 2. The van der Waals surface area contributed by atoms with Gasteiger partial charge in [-0.2, -0.15) is 11.3 Å². The van der Waals surface area contributed by atoms with Gasteiger partial charge in [-0.3, -0.25) is 10.1 Å². The first-order valence-corrected chi connectivity index (χ1v) is 14.7. The normalized spacial score (nSPS) is 15.2. The summed E-state index contributed by atoms with van der Waals surface area (Å²) in [5, 5.41) is 14.3. The second-order valence-electron chi connectivity index (χ2n) is 10.0. The minimum absolute atomic E-state index is 0.0971. The Morgan fingerprint density at radius 3 is 2.62 bits per heavy atom. The Hall–Kier alpha value is -2.66. The molecule has 0 bridgehead atoms. The minimum Gasteiger partial charge on any atom is -0.352 e. The summed E-state index contributed by atoms with van der Waals surface area (Å²) in [4.78, 5) is 34.3. The summed E-state index contributed by atoms with van der Waals surface area (Å²) in [5.74, 6) is 0.145. The van der Waals surface area contributed by atoms with Gasteiger partial charge in [-0.05, 0) is 81.0 Å². The van der Waals surface area contributed by atoms with Crippen LogP contribution in [0.2, 0.25) is 10.3 Å². The molecule has 1 aliphatic rings. The number of aryl methyl sites for hydroxylation is 2. The van der Waals surface area contributed by atoms with Gasteiger partial charge in [0.05, 0.1) is 11.3 Å². The highest BCUT2D eigenvalue weighted by Gasteiger charge is 2.30. The Morgan fingerprint density at radius 2 is 2.00 bits per heavy atom. The van der Waals surface area contributed by atoms with Gasteiger partial charge >= 0.3 is 6.03 Å². The van der Waals surface area contributed by atoms with Gasteiger partial charge in [-0.15, -0.1) is 0 Å². The van der Waals surface area contributed by atoms with Crippen LogP contribution in [0.3, 0.4) is 0 Å². The topological polar surface area (TPSA) is 104 Å². The van der Waals surface area contributed by atoms with Crippen molar-refractivity contribution in [2.75, 3.05) is 25.0 Å². The lowest BCUT2D eigenvalue weighted by Crippen LogP contribution is -2.50. The van der Waals surface area contributed by atoms with Crippen molar-refractivity contribution in [3.8, 4) is 0 Å².